The number of carbonyl (C=O) groups excluding carboxylic acids is 1. The minimum Gasteiger partial charge on any atom is -0.458 e. The number of hydrogen-bond donors (Lipinski definition) is 2. The molecular formula is C20H22O4. The van der Waals surface area contributed by atoms with Crippen molar-refractivity contribution in [1.29, 1.82) is 0 Å². The van der Waals surface area contributed by atoms with Gasteiger partial charge in [-0.3, -0.25) is 4.79 Å². The summed E-state index contributed by atoms with van der Waals surface area (Å²) in [6.45, 7) is 11.5. The highest BCUT2D eigenvalue weighted by Crippen LogP contribution is 2.55. The highest BCUT2D eigenvalue weighted by molar-refractivity contribution is 6.11. The van der Waals surface area contributed by atoms with Crippen LogP contribution in [0.4, 0.5) is 0 Å². The van der Waals surface area contributed by atoms with Crippen LogP contribution in [0.3, 0.4) is 0 Å². The second-order valence-electron chi connectivity index (χ2n) is 7.35. The van der Waals surface area contributed by atoms with Gasteiger partial charge >= 0.3 is 0 Å². The summed E-state index contributed by atoms with van der Waals surface area (Å²) >= 11 is 0. The van der Waals surface area contributed by atoms with Crippen molar-refractivity contribution < 1.29 is 19.7 Å². The van der Waals surface area contributed by atoms with Gasteiger partial charge in [0.2, 0.25) is 11.4 Å². The van der Waals surface area contributed by atoms with Crippen LogP contribution in [0.5, 0.6) is 0 Å². The van der Waals surface area contributed by atoms with Crippen LogP contribution in [0, 0.1) is 5.41 Å². The van der Waals surface area contributed by atoms with Crippen molar-refractivity contribution in [3.05, 3.63) is 71.0 Å². The molecule has 4 nitrogen and oxygen atoms in total. The second kappa shape index (κ2) is 4.91. The van der Waals surface area contributed by atoms with E-state index in [-0.39, 0.29) is 22.1 Å². The van der Waals surface area contributed by atoms with Crippen LogP contribution in [0.2, 0.25) is 0 Å². The average Bonchev–Trinajstić information content (AvgIpc) is 2.80. The lowest BCUT2D eigenvalue weighted by molar-refractivity contribution is -0.234. The molecule has 0 amide bonds. The number of benzene rings is 1. The smallest absolute Gasteiger partial charge is 0.276 e. The summed E-state index contributed by atoms with van der Waals surface area (Å²) in [4.78, 5) is 12.9. The predicted molar refractivity (Wildman–Crippen MR) is 91.1 cm³/mol. The Kier molecular flexibility index (Phi) is 3.41. The molecule has 2 aliphatic rings. The molecule has 0 fully saturated rings. The van der Waals surface area contributed by atoms with Crippen LogP contribution in [-0.2, 0) is 10.5 Å². The number of rotatable bonds is 2. The van der Waals surface area contributed by atoms with E-state index in [0.29, 0.717) is 5.76 Å². The topological polar surface area (TPSA) is 66.8 Å². The normalized spacial score (nSPS) is 29.4. The molecule has 3 rings (SSSR count). The minimum absolute atomic E-state index is 0.236. The lowest BCUT2D eigenvalue weighted by atomic mass is 9.80. The highest BCUT2D eigenvalue weighted by Gasteiger charge is 2.70. The maximum atomic E-state index is 12.9. The summed E-state index contributed by atoms with van der Waals surface area (Å²) in [5, 5.41) is 22.3. The Hall–Kier alpha value is -2.17. The van der Waals surface area contributed by atoms with Gasteiger partial charge in [-0.2, -0.15) is 0 Å². The van der Waals surface area contributed by atoms with Crippen molar-refractivity contribution in [1.82, 2.24) is 0 Å². The standard InChI is InChI=1S/C20H22O4/c1-6-13(18(3,4)5)11-16-12(2)24-20(23)15-10-8-7-9-14(15)17(21)19(16,20)22/h6-11,22-23H,1H2,2-5H3/b13-11+. The maximum Gasteiger partial charge on any atom is 0.276 e. The van der Waals surface area contributed by atoms with Gasteiger partial charge in [-0.15, -0.1) is 0 Å². The first-order valence-electron chi connectivity index (χ1n) is 7.91. The van der Waals surface area contributed by atoms with Crippen LogP contribution in [0.1, 0.15) is 43.6 Å². The van der Waals surface area contributed by atoms with Crippen LogP contribution in [-0.4, -0.2) is 21.6 Å². The number of carbonyl (C=O) groups is 1. The third kappa shape index (κ3) is 1.90. The Morgan fingerprint density at radius 3 is 2.46 bits per heavy atom. The van der Waals surface area contributed by atoms with Crippen molar-refractivity contribution in [2.45, 2.75) is 39.1 Å². The maximum absolute atomic E-state index is 12.9. The minimum atomic E-state index is -2.15. The zero-order valence-electron chi connectivity index (χ0n) is 14.4. The molecule has 0 spiro atoms. The molecule has 0 radical (unpaired) electrons. The number of ether oxygens (including phenoxy) is 1. The molecule has 0 saturated heterocycles. The number of fused-ring (bicyclic) bond motifs is 3. The molecule has 1 aliphatic heterocycles. The van der Waals surface area contributed by atoms with E-state index < -0.39 is 17.2 Å². The Bertz CT molecular complexity index is 809. The van der Waals surface area contributed by atoms with E-state index in [4.69, 9.17) is 4.74 Å². The molecule has 126 valence electrons. The van der Waals surface area contributed by atoms with E-state index in [2.05, 4.69) is 6.58 Å². The molecule has 1 aromatic rings. The summed E-state index contributed by atoms with van der Waals surface area (Å²) in [6.07, 6.45) is 3.39. The van der Waals surface area contributed by atoms with E-state index in [0.717, 1.165) is 5.57 Å². The molecule has 24 heavy (non-hydrogen) atoms. The quantitative estimate of drug-likeness (QED) is 0.819. The van der Waals surface area contributed by atoms with E-state index in [1.807, 2.05) is 20.8 Å². The van der Waals surface area contributed by atoms with Gasteiger partial charge in [0.25, 0.3) is 5.79 Å². The number of aliphatic hydroxyl groups is 2. The molecule has 0 aromatic heterocycles. The van der Waals surface area contributed by atoms with E-state index in [1.54, 1.807) is 43.3 Å². The fraction of sp³-hybridized carbons (Fsp3) is 0.350. The van der Waals surface area contributed by atoms with Crippen molar-refractivity contribution in [3.63, 3.8) is 0 Å². The largest absolute Gasteiger partial charge is 0.458 e. The number of Topliss-reactive ketones (excluding diaryl/α,β-unsaturated/α-hetero) is 1. The lowest BCUT2D eigenvalue weighted by Crippen LogP contribution is -2.50. The summed E-state index contributed by atoms with van der Waals surface area (Å²) in [5.41, 5.74) is -0.716. The zero-order valence-corrected chi connectivity index (χ0v) is 14.4. The number of hydrogen-bond acceptors (Lipinski definition) is 4. The Morgan fingerprint density at radius 1 is 1.25 bits per heavy atom. The SMILES string of the molecule is C=C/C(=C\C1=C(C)OC2(O)c3ccccc3C(=O)C12O)C(C)(C)C. The average molecular weight is 326 g/mol. The molecule has 2 unspecified atom stereocenters. The fourth-order valence-corrected chi connectivity index (χ4v) is 3.43. The lowest BCUT2D eigenvalue weighted by Gasteiger charge is -2.30. The molecule has 0 bridgehead atoms. The summed E-state index contributed by atoms with van der Waals surface area (Å²) < 4.78 is 5.63. The van der Waals surface area contributed by atoms with Crippen molar-refractivity contribution >= 4 is 5.78 Å². The summed E-state index contributed by atoms with van der Waals surface area (Å²) in [7, 11) is 0. The molecule has 4 heteroatoms. The number of allylic oxidation sites excluding steroid dienone is 3. The van der Waals surface area contributed by atoms with Crippen LogP contribution in [0.15, 0.2) is 59.9 Å². The van der Waals surface area contributed by atoms with Gasteiger partial charge in [0.1, 0.15) is 5.76 Å². The first-order valence-corrected chi connectivity index (χ1v) is 7.91. The summed E-state index contributed by atoms with van der Waals surface area (Å²) in [6, 6.07) is 6.58. The first-order chi connectivity index (χ1) is 11.1. The highest BCUT2D eigenvalue weighted by atomic mass is 16.7. The Morgan fingerprint density at radius 2 is 1.88 bits per heavy atom. The van der Waals surface area contributed by atoms with E-state index >= 15 is 0 Å². The third-order valence-corrected chi connectivity index (χ3v) is 4.81. The van der Waals surface area contributed by atoms with Gasteiger partial charge < -0.3 is 14.9 Å². The Balaban J connectivity index is 2.23. The second-order valence-corrected chi connectivity index (χ2v) is 7.35. The van der Waals surface area contributed by atoms with Gasteiger partial charge in [-0.05, 0) is 24.0 Å². The van der Waals surface area contributed by atoms with Gasteiger partial charge in [0.15, 0.2) is 0 Å². The fourth-order valence-electron chi connectivity index (χ4n) is 3.43. The van der Waals surface area contributed by atoms with E-state index in [9.17, 15) is 15.0 Å². The molecule has 2 N–H and O–H groups in total. The van der Waals surface area contributed by atoms with Crippen molar-refractivity contribution in [3.8, 4) is 0 Å². The van der Waals surface area contributed by atoms with Gasteiger partial charge in [-0.1, -0.05) is 57.7 Å². The molecule has 1 aromatic carbocycles. The molecule has 1 aliphatic carbocycles. The van der Waals surface area contributed by atoms with Gasteiger partial charge in [0, 0.05) is 16.7 Å². The van der Waals surface area contributed by atoms with Crippen molar-refractivity contribution in [2.24, 2.45) is 5.41 Å². The molecular weight excluding hydrogens is 304 g/mol. The molecule has 1 heterocycles. The molecule has 2 atom stereocenters. The predicted octanol–water partition coefficient (Wildman–Crippen LogP) is 3.22. The molecule has 0 saturated carbocycles. The van der Waals surface area contributed by atoms with E-state index in [1.165, 1.54) is 0 Å². The Labute approximate surface area is 141 Å². The zero-order chi connectivity index (χ0) is 17.9. The van der Waals surface area contributed by atoms with Crippen LogP contribution >= 0.6 is 0 Å². The van der Waals surface area contributed by atoms with Crippen LogP contribution < -0.4 is 0 Å². The first kappa shape index (κ1) is 16.7. The summed E-state index contributed by atoms with van der Waals surface area (Å²) in [5.74, 6) is -2.33. The van der Waals surface area contributed by atoms with Gasteiger partial charge in [-0.25, -0.2) is 0 Å². The monoisotopic (exact) mass is 326 g/mol. The number of ketones is 1. The van der Waals surface area contributed by atoms with Gasteiger partial charge in [0.05, 0.1) is 0 Å². The van der Waals surface area contributed by atoms with Crippen molar-refractivity contribution in [2.75, 3.05) is 0 Å². The third-order valence-electron chi connectivity index (χ3n) is 4.81. The van der Waals surface area contributed by atoms with Crippen LogP contribution in [0.25, 0.3) is 0 Å².